The van der Waals surface area contributed by atoms with Gasteiger partial charge in [0.05, 0.1) is 4.90 Å². The molecule has 0 radical (unpaired) electrons. The van der Waals surface area contributed by atoms with Crippen LogP contribution in [-0.4, -0.2) is 21.1 Å². The molecule has 1 heterocycles. The lowest BCUT2D eigenvalue weighted by molar-refractivity contribution is 0.112. The third kappa shape index (κ3) is 1.96. The van der Waals surface area contributed by atoms with Crippen LogP contribution in [0.5, 0.6) is 0 Å². The predicted octanol–water partition coefficient (Wildman–Crippen LogP) is 1.92. The fourth-order valence-corrected chi connectivity index (χ4v) is 2.04. The van der Waals surface area contributed by atoms with Crippen molar-refractivity contribution in [3.8, 4) is 0 Å². The molecule has 4 nitrogen and oxygen atoms in total. The standard InChI is InChI=1S/C10H8FN3OS/c1-14-6-12-13-10(14)16-9-7(5-15)3-2-4-8(9)11/h2-6H,1H3. The van der Waals surface area contributed by atoms with Gasteiger partial charge in [-0.25, -0.2) is 4.39 Å². The summed E-state index contributed by atoms with van der Waals surface area (Å²) in [6.07, 6.45) is 2.14. The number of aldehydes is 1. The lowest BCUT2D eigenvalue weighted by Crippen LogP contribution is -1.93. The first-order chi connectivity index (χ1) is 7.72. The molecule has 0 unspecified atom stereocenters. The smallest absolute Gasteiger partial charge is 0.195 e. The van der Waals surface area contributed by atoms with Gasteiger partial charge in [0.25, 0.3) is 0 Å². The fourth-order valence-electron chi connectivity index (χ4n) is 1.18. The van der Waals surface area contributed by atoms with Gasteiger partial charge in [0.15, 0.2) is 11.4 Å². The number of benzene rings is 1. The quantitative estimate of drug-likeness (QED) is 0.765. The Labute approximate surface area is 95.5 Å². The molecule has 0 aliphatic heterocycles. The van der Waals surface area contributed by atoms with E-state index in [0.717, 1.165) is 11.8 Å². The number of aromatic nitrogens is 3. The summed E-state index contributed by atoms with van der Waals surface area (Å²) in [6, 6.07) is 4.38. The van der Waals surface area contributed by atoms with Crippen LogP contribution in [0.15, 0.2) is 34.6 Å². The van der Waals surface area contributed by atoms with Crippen LogP contribution in [0.25, 0.3) is 0 Å². The zero-order valence-electron chi connectivity index (χ0n) is 8.42. The average molecular weight is 237 g/mol. The van der Waals surface area contributed by atoms with Gasteiger partial charge in [0, 0.05) is 12.6 Å². The van der Waals surface area contributed by atoms with Gasteiger partial charge in [-0.1, -0.05) is 12.1 Å². The summed E-state index contributed by atoms with van der Waals surface area (Å²) in [5.41, 5.74) is 0.313. The lowest BCUT2D eigenvalue weighted by Gasteiger charge is -2.04. The molecule has 0 spiro atoms. The summed E-state index contributed by atoms with van der Waals surface area (Å²) in [5, 5.41) is 8.04. The van der Waals surface area contributed by atoms with Gasteiger partial charge in [-0.2, -0.15) is 0 Å². The Balaban J connectivity index is 2.41. The second kappa shape index (κ2) is 4.44. The van der Waals surface area contributed by atoms with E-state index in [1.165, 1.54) is 18.5 Å². The van der Waals surface area contributed by atoms with Crippen molar-refractivity contribution in [1.29, 1.82) is 0 Å². The SMILES string of the molecule is Cn1cnnc1Sc1c(F)cccc1C=O. The maximum absolute atomic E-state index is 13.5. The first kappa shape index (κ1) is 10.8. The maximum atomic E-state index is 13.5. The summed E-state index contributed by atoms with van der Waals surface area (Å²) in [5.74, 6) is -0.433. The van der Waals surface area contributed by atoms with Gasteiger partial charge in [-0.05, 0) is 17.8 Å². The highest BCUT2D eigenvalue weighted by Gasteiger charge is 2.12. The van der Waals surface area contributed by atoms with Gasteiger partial charge >= 0.3 is 0 Å². The second-order valence-electron chi connectivity index (χ2n) is 3.10. The van der Waals surface area contributed by atoms with E-state index in [1.807, 2.05) is 0 Å². The molecule has 0 saturated heterocycles. The van der Waals surface area contributed by atoms with E-state index in [1.54, 1.807) is 17.7 Å². The van der Waals surface area contributed by atoms with Crippen molar-refractivity contribution in [3.63, 3.8) is 0 Å². The van der Waals surface area contributed by atoms with E-state index in [9.17, 15) is 9.18 Å². The minimum atomic E-state index is -0.433. The van der Waals surface area contributed by atoms with Crippen LogP contribution in [-0.2, 0) is 7.05 Å². The van der Waals surface area contributed by atoms with Crippen LogP contribution in [0, 0.1) is 5.82 Å². The van der Waals surface area contributed by atoms with Crippen LogP contribution in [0.3, 0.4) is 0 Å². The normalized spacial score (nSPS) is 10.4. The zero-order valence-corrected chi connectivity index (χ0v) is 9.24. The number of halogens is 1. The van der Waals surface area contributed by atoms with Crippen molar-refractivity contribution in [2.45, 2.75) is 10.1 Å². The Morgan fingerprint density at radius 3 is 2.94 bits per heavy atom. The molecule has 0 saturated carbocycles. The van der Waals surface area contributed by atoms with E-state index >= 15 is 0 Å². The summed E-state index contributed by atoms with van der Waals surface area (Å²) in [7, 11) is 1.75. The number of carbonyl (C=O) groups is 1. The largest absolute Gasteiger partial charge is 0.311 e. The Morgan fingerprint density at radius 2 is 2.31 bits per heavy atom. The Bertz CT molecular complexity index is 527. The molecule has 6 heteroatoms. The maximum Gasteiger partial charge on any atom is 0.195 e. The molecule has 16 heavy (non-hydrogen) atoms. The molecule has 1 aromatic carbocycles. The third-order valence-electron chi connectivity index (χ3n) is 1.99. The molecule has 0 fully saturated rings. The van der Waals surface area contributed by atoms with Crippen LogP contribution >= 0.6 is 11.8 Å². The molecule has 1 aromatic heterocycles. The first-order valence-electron chi connectivity index (χ1n) is 4.48. The minimum absolute atomic E-state index is 0.272. The Morgan fingerprint density at radius 1 is 1.50 bits per heavy atom. The van der Waals surface area contributed by atoms with Gasteiger partial charge in [-0.3, -0.25) is 4.79 Å². The lowest BCUT2D eigenvalue weighted by atomic mass is 10.2. The highest BCUT2D eigenvalue weighted by atomic mass is 32.2. The zero-order chi connectivity index (χ0) is 11.5. The fraction of sp³-hybridized carbons (Fsp3) is 0.100. The van der Waals surface area contributed by atoms with Crippen LogP contribution < -0.4 is 0 Å². The molecule has 2 aromatic rings. The highest BCUT2D eigenvalue weighted by Crippen LogP contribution is 2.30. The molecule has 0 amide bonds. The third-order valence-corrected chi connectivity index (χ3v) is 3.17. The second-order valence-corrected chi connectivity index (χ2v) is 4.08. The van der Waals surface area contributed by atoms with Crippen LogP contribution in [0.2, 0.25) is 0 Å². The summed E-state index contributed by atoms with van der Waals surface area (Å²) >= 11 is 1.08. The van der Waals surface area contributed by atoms with Crippen LogP contribution in [0.4, 0.5) is 4.39 Å². The molecule has 82 valence electrons. The van der Waals surface area contributed by atoms with Crippen LogP contribution in [0.1, 0.15) is 10.4 Å². The van der Waals surface area contributed by atoms with E-state index in [2.05, 4.69) is 10.2 Å². The molecule has 0 aliphatic rings. The monoisotopic (exact) mass is 237 g/mol. The number of carbonyl (C=O) groups excluding carboxylic acids is 1. The topological polar surface area (TPSA) is 47.8 Å². The summed E-state index contributed by atoms with van der Waals surface area (Å²) < 4.78 is 15.2. The highest BCUT2D eigenvalue weighted by molar-refractivity contribution is 7.99. The Hall–Kier alpha value is -1.69. The minimum Gasteiger partial charge on any atom is -0.311 e. The summed E-state index contributed by atoms with van der Waals surface area (Å²) in [4.78, 5) is 11.0. The number of rotatable bonds is 3. The molecule has 0 atom stereocenters. The molecule has 0 bridgehead atoms. The van der Waals surface area contributed by atoms with Crippen molar-refractivity contribution in [2.24, 2.45) is 7.05 Å². The van der Waals surface area contributed by atoms with Gasteiger partial charge in [0.2, 0.25) is 0 Å². The summed E-state index contributed by atoms with van der Waals surface area (Å²) in [6.45, 7) is 0. The molecule has 2 rings (SSSR count). The molecular formula is C10H8FN3OS. The molecule has 0 aliphatic carbocycles. The van der Waals surface area contributed by atoms with Crippen molar-refractivity contribution >= 4 is 18.0 Å². The number of aryl methyl sites for hydroxylation is 1. The number of hydrogen-bond donors (Lipinski definition) is 0. The van der Waals surface area contributed by atoms with E-state index < -0.39 is 5.82 Å². The molecule has 0 N–H and O–H groups in total. The van der Waals surface area contributed by atoms with Crippen molar-refractivity contribution in [2.75, 3.05) is 0 Å². The van der Waals surface area contributed by atoms with Crippen molar-refractivity contribution in [3.05, 3.63) is 35.9 Å². The van der Waals surface area contributed by atoms with Crippen molar-refractivity contribution in [1.82, 2.24) is 14.8 Å². The van der Waals surface area contributed by atoms with E-state index in [-0.39, 0.29) is 4.90 Å². The van der Waals surface area contributed by atoms with E-state index in [4.69, 9.17) is 0 Å². The molecular weight excluding hydrogens is 229 g/mol. The van der Waals surface area contributed by atoms with Gasteiger partial charge in [0.1, 0.15) is 12.1 Å². The van der Waals surface area contributed by atoms with Gasteiger partial charge in [-0.15, -0.1) is 10.2 Å². The van der Waals surface area contributed by atoms with Crippen molar-refractivity contribution < 1.29 is 9.18 Å². The van der Waals surface area contributed by atoms with Gasteiger partial charge < -0.3 is 4.57 Å². The number of hydrogen-bond acceptors (Lipinski definition) is 4. The van der Waals surface area contributed by atoms with E-state index in [0.29, 0.717) is 17.0 Å². The predicted molar refractivity (Wildman–Crippen MR) is 56.9 cm³/mol. The first-order valence-corrected chi connectivity index (χ1v) is 5.29. The average Bonchev–Trinajstić information content (AvgIpc) is 2.67. The Kier molecular flexibility index (Phi) is 3.00. The number of nitrogens with zero attached hydrogens (tertiary/aromatic N) is 3.